The number of halogens is 1. The van der Waals surface area contributed by atoms with Gasteiger partial charge in [-0.2, -0.15) is 0 Å². The molecule has 0 bridgehead atoms. The molecule has 0 aromatic carbocycles. The highest BCUT2D eigenvalue weighted by atomic mass is 127. The third kappa shape index (κ3) is 16.0. The van der Waals surface area contributed by atoms with Gasteiger partial charge in [0.25, 0.3) is 0 Å². The van der Waals surface area contributed by atoms with Crippen molar-refractivity contribution in [3.63, 3.8) is 0 Å². The molecule has 0 unspecified atom stereocenters. The maximum absolute atomic E-state index is 5.50. The molecule has 122 valence electrons. The van der Waals surface area contributed by atoms with Crippen molar-refractivity contribution in [1.29, 1.82) is 0 Å². The zero-order chi connectivity index (χ0) is 14.2. The van der Waals surface area contributed by atoms with E-state index in [9.17, 15) is 0 Å². The number of rotatable bonds is 12. The number of nitrogens with one attached hydrogen (secondary N) is 2. The van der Waals surface area contributed by atoms with E-state index in [1.807, 2.05) is 6.92 Å². The molecule has 0 fully saturated rings. The molecule has 0 aliphatic heterocycles. The average molecular weight is 401 g/mol. The maximum Gasteiger partial charge on any atom is 0.190 e. The van der Waals surface area contributed by atoms with Gasteiger partial charge in [0.2, 0.25) is 0 Å². The minimum Gasteiger partial charge on any atom is -0.382 e. The molecule has 0 saturated heterocycles. The standard InChI is InChI=1S/C14H31N3O2.HI/c1-4-6-11-19-13-8-10-17-14(15-3)16-9-7-12-18-5-2;/h4-13H2,1-3H3,(H2,15,16,17);1H. The van der Waals surface area contributed by atoms with Crippen LogP contribution in [0.1, 0.15) is 39.5 Å². The van der Waals surface area contributed by atoms with Crippen LogP contribution in [-0.4, -0.2) is 52.5 Å². The van der Waals surface area contributed by atoms with Crippen LogP contribution >= 0.6 is 24.0 Å². The Hall–Kier alpha value is -0.0800. The quantitative estimate of drug-likeness (QED) is 0.228. The van der Waals surface area contributed by atoms with E-state index in [0.29, 0.717) is 0 Å². The summed E-state index contributed by atoms with van der Waals surface area (Å²) in [6.07, 6.45) is 4.34. The van der Waals surface area contributed by atoms with Crippen molar-refractivity contribution in [3.8, 4) is 0 Å². The highest BCUT2D eigenvalue weighted by Crippen LogP contribution is 1.89. The normalized spacial score (nSPS) is 11.1. The molecule has 0 aromatic heterocycles. The molecule has 5 nitrogen and oxygen atoms in total. The summed E-state index contributed by atoms with van der Waals surface area (Å²) < 4.78 is 10.8. The molecule has 20 heavy (non-hydrogen) atoms. The first-order valence-corrected chi connectivity index (χ1v) is 7.45. The smallest absolute Gasteiger partial charge is 0.190 e. The van der Waals surface area contributed by atoms with E-state index in [1.165, 1.54) is 6.42 Å². The van der Waals surface area contributed by atoms with Crippen molar-refractivity contribution < 1.29 is 9.47 Å². The number of hydrogen-bond donors (Lipinski definition) is 2. The maximum atomic E-state index is 5.50. The second-order valence-corrected chi connectivity index (χ2v) is 4.30. The van der Waals surface area contributed by atoms with E-state index in [0.717, 1.165) is 64.7 Å². The van der Waals surface area contributed by atoms with Crippen LogP contribution in [0.3, 0.4) is 0 Å². The van der Waals surface area contributed by atoms with Crippen molar-refractivity contribution in [3.05, 3.63) is 0 Å². The molecule has 0 saturated carbocycles. The van der Waals surface area contributed by atoms with Gasteiger partial charge in [-0.1, -0.05) is 13.3 Å². The van der Waals surface area contributed by atoms with Gasteiger partial charge < -0.3 is 20.1 Å². The molecular weight excluding hydrogens is 369 g/mol. The van der Waals surface area contributed by atoms with Gasteiger partial charge in [0.1, 0.15) is 0 Å². The van der Waals surface area contributed by atoms with E-state index in [-0.39, 0.29) is 24.0 Å². The average Bonchev–Trinajstić information content (AvgIpc) is 2.44. The molecule has 0 aliphatic rings. The Morgan fingerprint density at radius 2 is 1.45 bits per heavy atom. The molecule has 0 amide bonds. The summed E-state index contributed by atoms with van der Waals surface area (Å²) >= 11 is 0. The Labute approximate surface area is 141 Å². The summed E-state index contributed by atoms with van der Waals surface area (Å²) in [5, 5.41) is 6.53. The number of guanidine groups is 1. The predicted octanol–water partition coefficient (Wildman–Crippen LogP) is 2.40. The lowest BCUT2D eigenvalue weighted by atomic mass is 10.4. The van der Waals surface area contributed by atoms with Crippen molar-refractivity contribution >= 4 is 29.9 Å². The largest absolute Gasteiger partial charge is 0.382 e. The Morgan fingerprint density at radius 3 is 1.95 bits per heavy atom. The van der Waals surface area contributed by atoms with Gasteiger partial charge in [-0.3, -0.25) is 4.99 Å². The first kappa shape index (κ1) is 22.2. The van der Waals surface area contributed by atoms with Crippen LogP contribution in [0.5, 0.6) is 0 Å². The molecule has 0 aromatic rings. The monoisotopic (exact) mass is 401 g/mol. The Morgan fingerprint density at radius 1 is 0.900 bits per heavy atom. The fourth-order valence-electron chi connectivity index (χ4n) is 1.48. The summed E-state index contributed by atoms with van der Waals surface area (Å²) in [4.78, 5) is 4.17. The van der Waals surface area contributed by atoms with Gasteiger partial charge in [-0.15, -0.1) is 24.0 Å². The molecule has 0 rings (SSSR count). The first-order chi connectivity index (χ1) is 9.35. The van der Waals surface area contributed by atoms with Crippen LogP contribution in [0, 0.1) is 0 Å². The number of nitrogens with zero attached hydrogens (tertiary/aromatic N) is 1. The fourth-order valence-corrected chi connectivity index (χ4v) is 1.48. The predicted molar refractivity (Wildman–Crippen MR) is 96.2 cm³/mol. The van der Waals surface area contributed by atoms with Crippen molar-refractivity contribution in [2.75, 3.05) is 46.6 Å². The first-order valence-electron chi connectivity index (χ1n) is 7.45. The highest BCUT2D eigenvalue weighted by Gasteiger charge is 1.96. The lowest BCUT2D eigenvalue weighted by molar-refractivity contribution is 0.129. The Balaban J connectivity index is 0. The molecular formula is C14H32IN3O2. The van der Waals surface area contributed by atoms with Crippen LogP contribution < -0.4 is 10.6 Å². The van der Waals surface area contributed by atoms with Crippen LogP contribution in [-0.2, 0) is 9.47 Å². The third-order valence-corrected chi connectivity index (χ3v) is 2.59. The van der Waals surface area contributed by atoms with Gasteiger partial charge in [-0.25, -0.2) is 0 Å². The molecule has 6 heteroatoms. The topological polar surface area (TPSA) is 54.9 Å². The molecule has 0 radical (unpaired) electrons. The summed E-state index contributed by atoms with van der Waals surface area (Å²) in [5.41, 5.74) is 0. The SMILES string of the molecule is CCCCOCCCNC(=NC)NCCCOCC.I. The number of unbranched alkanes of at least 4 members (excludes halogenated alkanes) is 1. The summed E-state index contributed by atoms with van der Waals surface area (Å²) in [6, 6.07) is 0. The van der Waals surface area contributed by atoms with Crippen LogP contribution in [0.25, 0.3) is 0 Å². The van der Waals surface area contributed by atoms with Crippen molar-refractivity contribution in [1.82, 2.24) is 10.6 Å². The van der Waals surface area contributed by atoms with Crippen LogP contribution in [0.15, 0.2) is 4.99 Å². The summed E-state index contributed by atoms with van der Waals surface area (Å²) in [6.45, 7) is 9.22. The van der Waals surface area contributed by atoms with Crippen molar-refractivity contribution in [2.24, 2.45) is 4.99 Å². The molecule has 0 aliphatic carbocycles. The lowest BCUT2D eigenvalue weighted by Crippen LogP contribution is -2.38. The van der Waals surface area contributed by atoms with Gasteiger partial charge in [-0.05, 0) is 26.2 Å². The van der Waals surface area contributed by atoms with Gasteiger partial charge in [0, 0.05) is 46.6 Å². The van der Waals surface area contributed by atoms with Gasteiger partial charge >= 0.3 is 0 Å². The number of hydrogen-bond acceptors (Lipinski definition) is 3. The van der Waals surface area contributed by atoms with Gasteiger partial charge in [0.05, 0.1) is 0 Å². The van der Waals surface area contributed by atoms with Gasteiger partial charge in [0.15, 0.2) is 5.96 Å². The lowest BCUT2D eigenvalue weighted by Gasteiger charge is -2.11. The second kappa shape index (κ2) is 18.9. The van der Waals surface area contributed by atoms with E-state index >= 15 is 0 Å². The minimum absolute atomic E-state index is 0. The molecule has 0 atom stereocenters. The minimum atomic E-state index is 0. The number of ether oxygens (including phenoxy) is 2. The van der Waals surface area contributed by atoms with E-state index in [2.05, 4.69) is 22.5 Å². The number of aliphatic imine (C=N–C) groups is 1. The highest BCUT2D eigenvalue weighted by molar-refractivity contribution is 14.0. The molecule has 2 N–H and O–H groups in total. The molecule has 0 heterocycles. The van der Waals surface area contributed by atoms with E-state index < -0.39 is 0 Å². The zero-order valence-corrected chi connectivity index (χ0v) is 15.6. The van der Waals surface area contributed by atoms with E-state index in [4.69, 9.17) is 9.47 Å². The van der Waals surface area contributed by atoms with E-state index in [1.54, 1.807) is 7.05 Å². The summed E-state index contributed by atoms with van der Waals surface area (Å²) in [5.74, 6) is 0.852. The van der Waals surface area contributed by atoms with Crippen molar-refractivity contribution in [2.45, 2.75) is 39.5 Å². The van der Waals surface area contributed by atoms with Crippen LogP contribution in [0.4, 0.5) is 0 Å². The Kier molecular flexibility index (Phi) is 21.0. The summed E-state index contributed by atoms with van der Waals surface area (Å²) in [7, 11) is 1.79. The Bertz CT molecular complexity index is 217. The van der Waals surface area contributed by atoms with Crippen LogP contribution in [0.2, 0.25) is 0 Å². The zero-order valence-electron chi connectivity index (χ0n) is 13.2. The fraction of sp³-hybridized carbons (Fsp3) is 0.929. The molecule has 0 spiro atoms. The second-order valence-electron chi connectivity index (χ2n) is 4.30. The third-order valence-electron chi connectivity index (χ3n) is 2.59.